The van der Waals surface area contributed by atoms with Crippen LogP contribution < -0.4 is 0 Å². The van der Waals surface area contributed by atoms with Crippen molar-refractivity contribution in [1.29, 1.82) is 0 Å². The molecule has 0 nitrogen and oxygen atoms in total. The van der Waals surface area contributed by atoms with E-state index >= 15 is 0 Å². The summed E-state index contributed by atoms with van der Waals surface area (Å²) >= 11 is 0. The van der Waals surface area contributed by atoms with Crippen LogP contribution in [0.15, 0.2) is 0 Å². The molecule has 0 amide bonds. The molecule has 0 aromatic carbocycles. The zero-order chi connectivity index (χ0) is 14.6. The second kappa shape index (κ2) is 7.22. The van der Waals surface area contributed by atoms with Crippen LogP contribution in [-0.4, -0.2) is 5.92 Å². The Morgan fingerprint density at radius 2 is 1.35 bits per heavy atom. The van der Waals surface area contributed by atoms with E-state index < -0.39 is 5.92 Å². The van der Waals surface area contributed by atoms with Crippen LogP contribution in [0.2, 0.25) is 0 Å². The van der Waals surface area contributed by atoms with Crippen LogP contribution >= 0.6 is 0 Å². The molecule has 20 heavy (non-hydrogen) atoms. The van der Waals surface area contributed by atoms with Gasteiger partial charge in [-0.1, -0.05) is 52.4 Å². The minimum Gasteiger partial charge on any atom is -0.207 e. The highest BCUT2D eigenvalue weighted by molar-refractivity contribution is 4.91. The molecule has 2 atom stereocenters. The van der Waals surface area contributed by atoms with Crippen molar-refractivity contribution in [2.45, 2.75) is 90.4 Å². The molecule has 2 aliphatic carbocycles. The van der Waals surface area contributed by atoms with Gasteiger partial charge in [0, 0.05) is 12.3 Å². The summed E-state index contributed by atoms with van der Waals surface area (Å²) in [5.41, 5.74) is 0. The molecule has 0 saturated heterocycles. The first-order valence-electron chi connectivity index (χ1n) is 8.94. The quantitative estimate of drug-likeness (QED) is 0.545. The first-order chi connectivity index (χ1) is 9.56. The maximum absolute atomic E-state index is 14.5. The van der Waals surface area contributed by atoms with Gasteiger partial charge < -0.3 is 0 Å². The van der Waals surface area contributed by atoms with Gasteiger partial charge in [0.25, 0.3) is 5.92 Å². The molecule has 2 unspecified atom stereocenters. The van der Waals surface area contributed by atoms with Gasteiger partial charge in [-0.25, -0.2) is 8.78 Å². The first-order valence-corrected chi connectivity index (χ1v) is 8.94. The van der Waals surface area contributed by atoms with Crippen molar-refractivity contribution in [1.82, 2.24) is 0 Å². The van der Waals surface area contributed by atoms with E-state index in [0.717, 1.165) is 44.4 Å². The van der Waals surface area contributed by atoms with Crippen molar-refractivity contribution in [3.63, 3.8) is 0 Å². The van der Waals surface area contributed by atoms with Crippen molar-refractivity contribution < 1.29 is 8.78 Å². The van der Waals surface area contributed by atoms with Crippen LogP contribution in [-0.2, 0) is 0 Å². The zero-order valence-electron chi connectivity index (χ0n) is 13.3. The Balaban J connectivity index is 1.87. The van der Waals surface area contributed by atoms with Crippen LogP contribution in [0.4, 0.5) is 8.78 Å². The lowest BCUT2D eigenvalue weighted by molar-refractivity contribution is -0.128. The van der Waals surface area contributed by atoms with E-state index in [1.807, 2.05) is 0 Å². The minimum absolute atomic E-state index is 0.167. The molecule has 2 fully saturated rings. The molecule has 2 rings (SSSR count). The zero-order valence-corrected chi connectivity index (χ0v) is 13.3. The highest BCUT2D eigenvalue weighted by Gasteiger charge is 2.48. The maximum atomic E-state index is 14.5. The van der Waals surface area contributed by atoms with E-state index in [4.69, 9.17) is 0 Å². The van der Waals surface area contributed by atoms with Crippen molar-refractivity contribution in [3.05, 3.63) is 0 Å². The van der Waals surface area contributed by atoms with Crippen LogP contribution in [0.5, 0.6) is 0 Å². The lowest BCUT2D eigenvalue weighted by Gasteiger charge is -2.42. The standard InChI is InChI=1S/C18H32F2/c1-3-5-14-7-10-16(11-8-14)17-12-9-15(6-4-2)13-18(17,19)20/h14-17H,3-13H2,1-2H3. The van der Waals surface area contributed by atoms with Gasteiger partial charge in [0.2, 0.25) is 0 Å². The lowest BCUT2D eigenvalue weighted by atomic mass is 9.66. The summed E-state index contributed by atoms with van der Waals surface area (Å²) in [5.74, 6) is -1.29. The number of hydrogen-bond donors (Lipinski definition) is 0. The van der Waals surface area contributed by atoms with Crippen molar-refractivity contribution in [2.75, 3.05) is 0 Å². The van der Waals surface area contributed by atoms with Crippen LogP contribution in [0, 0.1) is 23.7 Å². The van der Waals surface area contributed by atoms with Crippen LogP contribution in [0.3, 0.4) is 0 Å². The number of alkyl halides is 2. The molecule has 0 N–H and O–H groups in total. The average Bonchev–Trinajstić information content (AvgIpc) is 2.40. The Morgan fingerprint density at radius 1 is 0.800 bits per heavy atom. The average molecular weight is 286 g/mol. The van der Waals surface area contributed by atoms with E-state index in [0.29, 0.717) is 5.92 Å². The Morgan fingerprint density at radius 3 is 1.90 bits per heavy atom. The third-order valence-corrected chi connectivity index (χ3v) is 5.84. The maximum Gasteiger partial charge on any atom is 0.251 e. The monoisotopic (exact) mass is 286 g/mol. The normalized spacial score (nSPS) is 37.8. The van der Waals surface area contributed by atoms with Crippen LogP contribution in [0.25, 0.3) is 0 Å². The molecular formula is C18H32F2. The molecule has 2 heteroatoms. The van der Waals surface area contributed by atoms with E-state index in [9.17, 15) is 8.78 Å². The number of rotatable bonds is 5. The second-order valence-corrected chi connectivity index (χ2v) is 7.37. The van der Waals surface area contributed by atoms with Gasteiger partial charge in [0.1, 0.15) is 0 Å². The van der Waals surface area contributed by atoms with E-state index in [1.54, 1.807) is 0 Å². The highest BCUT2D eigenvalue weighted by Crippen LogP contribution is 2.50. The Kier molecular flexibility index (Phi) is 5.86. The van der Waals surface area contributed by atoms with Crippen molar-refractivity contribution in [2.24, 2.45) is 23.7 Å². The van der Waals surface area contributed by atoms with Crippen molar-refractivity contribution in [3.8, 4) is 0 Å². The van der Waals surface area contributed by atoms with Gasteiger partial charge in [-0.05, 0) is 43.4 Å². The molecule has 0 spiro atoms. The molecule has 2 aliphatic rings. The van der Waals surface area contributed by atoms with Gasteiger partial charge in [0.05, 0.1) is 0 Å². The number of halogens is 2. The largest absolute Gasteiger partial charge is 0.251 e. The molecule has 0 aromatic rings. The number of hydrogen-bond acceptors (Lipinski definition) is 0. The van der Waals surface area contributed by atoms with E-state index in [1.165, 1.54) is 25.7 Å². The summed E-state index contributed by atoms with van der Waals surface area (Å²) in [6.07, 6.45) is 11.1. The molecule has 0 bridgehead atoms. The van der Waals surface area contributed by atoms with Gasteiger partial charge in [-0.2, -0.15) is 0 Å². The third kappa shape index (κ3) is 3.95. The highest BCUT2D eigenvalue weighted by atomic mass is 19.3. The van der Waals surface area contributed by atoms with Gasteiger partial charge in [-0.3, -0.25) is 0 Å². The predicted molar refractivity (Wildman–Crippen MR) is 81.0 cm³/mol. The molecular weight excluding hydrogens is 254 g/mol. The summed E-state index contributed by atoms with van der Waals surface area (Å²) in [4.78, 5) is 0. The summed E-state index contributed by atoms with van der Waals surface area (Å²) < 4.78 is 28.9. The first kappa shape index (κ1) is 16.2. The fourth-order valence-corrected chi connectivity index (χ4v) is 4.79. The Hall–Kier alpha value is -0.140. The molecule has 0 heterocycles. The summed E-state index contributed by atoms with van der Waals surface area (Å²) in [6.45, 7) is 4.34. The topological polar surface area (TPSA) is 0 Å². The summed E-state index contributed by atoms with van der Waals surface area (Å²) in [6, 6.07) is 0. The van der Waals surface area contributed by atoms with Crippen LogP contribution in [0.1, 0.15) is 84.5 Å². The SMILES string of the molecule is CCCC1CCC(C2CCC(CCC)CC2(F)F)CC1. The van der Waals surface area contributed by atoms with E-state index in [2.05, 4.69) is 13.8 Å². The van der Waals surface area contributed by atoms with Gasteiger partial charge in [0.15, 0.2) is 0 Å². The molecule has 118 valence electrons. The minimum atomic E-state index is -2.39. The van der Waals surface area contributed by atoms with Gasteiger partial charge >= 0.3 is 0 Å². The summed E-state index contributed by atoms with van der Waals surface area (Å²) in [7, 11) is 0. The molecule has 0 aromatic heterocycles. The third-order valence-electron chi connectivity index (χ3n) is 5.84. The smallest absolute Gasteiger partial charge is 0.207 e. The summed E-state index contributed by atoms with van der Waals surface area (Å²) in [5, 5.41) is 0. The fraction of sp³-hybridized carbons (Fsp3) is 1.00. The van der Waals surface area contributed by atoms with Gasteiger partial charge in [-0.15, -0.1) is 0 Å². The fourth-order valence-electron chi connectivity index (χ4n) is 4.79. The lowest BCUT2D eigenvalue weighted by Crippen LogP contribution is -2.41. The molecule has 0 radical (unpaired) electrons. The van der Waals surface area contributed by atoms with Crippen molar-refractivity contribution >= 4 is 0 Å². The molecule has 2 saturated carbocycles. The van der Waals surface area contributed by atoms with E-state index in [-0.39, 0.29) is 18.3 Å². The predicted octanol–water partition coefficient (Wildman–Crippen LogP) is 6.44. The Labute approximate surface area is 123 Å². The Bertz CT molecular complexity index is 279. The molecule has 0 aliphatic heterocycles. The second-order valence-electron chi connectivity index (χ2n) is 7.37.